The van der Waals surface area contributed by atoms with Crippen LogP contribution < -0.4 is 0 Å². The van der Waals surface area contributed by atoms with E-state index in [4.69, 9.17) is 16.3 Å². The minimum atomic E-state index is -0.512. The summed E-state index contributed by atoms with van der Waals surface area (Å²) in [6, 6.07) is 4.61. The number of ether oxygens (including phenoxy) is 2. The molecule has 0 heterocycles. The summed E-state index contributed by atoms with van der Waals surface area (Å²) >= 11 is 5.70. The Kier molecular flexibility index (Phi) is 4.97. The van der Waals surface area contributed by atoms with E-state index in [1.165, 1.54) is 13.2 Å². The molecule has 0 amide bonds. The van der Waals surface area contributed by atoms with E-state index < -0.39 is 11.9 Å². The highest BCUT2D eigenvalue weighted by molar-refractivity contribution is 6.17. The minimum Gasteiger partial charge on any atom is -0.465 e. The quantitative estimate of drug-likeness (QED) is 0.613. The average molecular weight is 257 g/mol. The summed E-state index contributed by atoms with van der Waals surface area (Å²) in [5.74, 6) is -0.788. The van der Waals surface area contributed by atoms with Gasteiger partial charge in [-0.3, -0.25) is 0 Å². The standard InChI is InChI=1S/C12H13ClO4/c1-3-17-12(15)10-5-8(7-13)4-9(6-10)11(14)16-2/h4-6H,3,7H2,1-2H3. The fourth-order valence-corrected chi connectivity index (χ4v) is 1.49. The first-order valence-electron chi connectivity index (χ1n) is 5.07. The van der Waals surface area contributed by atoms with E-state index >= 15 is 0 Å². The van der Waals surface area contributed by atoms with E-state index in [2.05, 4.69) is 4.74 Å². The summed E-state index contributed by atoms with van der Waals surface area (Å²) in [7, 11) is 1.28. The highest BCUT2D eigenvalue weighted by Gasteiger charge is 2.13. The predicted octanol–water partition coefficient (Wildman–Crippen LogP) is 2.39. The van der Waals surface area contributed by atoms with Gasteiger partial charge in [0.05, 0.1) is 24.8 Å². The molecule has 0 fully saturated rings. The third-order valence-corrected chi connectivity index (χ3v) is 2.39. The lowest BCUT2D eigenvalue weighted by Crippen LogP contribution is -2.09. The van der Waals surface area contributed by atoms with Gasteiger partial charge in [-0.2, -0.15) is 0 Å². The maximum atomic E-state index is 11.6. The Morgan fingerprint density at radius 1 is 1.18 bits per heavy atom. The molecule has 4 nitrogen and oxygen atoms in total. The van der Waals surface area contributed by atoms with Crippen LogP contribution in [0.15, 0.2) is 18.2 Å². The first-order chi connectivity index (χ1) is 8.12. The molecule has 17 heavy (non-hydrogen) atoms. The normalized spacial score (nSPS) is 9.82. The zero-order valence-corrected chi connectivity index (χ0v) is 10.4. The van der Waals surface area contributed by atoms with Crippen LogP contribution in [0.5, 0.6) is 0 Å². The molecule has 0 atom stereocenters. The maximum Gasteiger partial charge on any atom is 0.338 e. The summed E-state index contributed by atoms with van der Waals surface area (Å²) in [5.41, 5.74) is 1.25. The lowest BCUT2D eigenvalue weighted by molar-refractivity contribution is 0.0526. The van der Waals surface area contributed by atoms with Gasteiger partial charge in [0, 0.05) is 5.88 Å². The Morgan fingerprint density at radius 2 is 1.76 bits per heavy atom. The molecule has 0 radical (unpaired) electrons. The second kappa shape index (κ2) is 6.25. The highest BCUT2D eigenvalue weighted by Crippen LogP contribution is 2.14. The van der Waals surface area contributed by atoms with Crippen molar-refractivity contribution >= 4 is 23.5 Å². The molecule has 0 spiro atoms. The topological polar surface area (TPSA) is 52.6 Å². The summed E-state index contributed by atoms with van der Waals surface area (Å²) in [6.45, 7) is 1.99. The van der Waals surface area contributed by atoms with Gasteiger partial charge in [0.15, 0.2) is 0 Å². The monoisotopic (exact) mass is 256 g/mol. The lowest BCUT2D eigenvalue weighted by atomic mass is 10.1. The number of methoxy groups -OCH3 is 1. The van der Waals surface area contributed by atoms with Gasteiger partial charge in [-0.15, -0.1) is 11.6 Å². The number of carbonyl (C=O) groups is 2. The molecule has 0 aliphatic carbocycles. The third-order valence-electron chi connectivity index (χ3n) is 2.08. The molecule has 0 aliphatic heterocycles. The van der Waals surface area contributed by atoms with Crippen molar-refractivity contribution in [2.75, 3.05) is 13.7 Å². The van der Waals surface area contributed by atoms with E-state index in [0.29, 0.717) is 11.1 Å². The number of carbonyl (C=O) groups excluding carboxylic acids is 2. The van der Waals surface area contributed by atoms with Crippen LogP contribution in [-0.4, -0.2) is 25.7 Å². The van der Waals surface area contributed by atoms with Crippen molar-refractivity contribution in [1.82, 2.24) is 0 Å². The van der Waals surface area contributed by atoms with E-state index in [-0.39, 0.29) is 18.1 Å². The van der Waals surface area contributed by atoms with Crippen molar-refractivity contribution in [1.29, 1.82) is 0 Å². The van der Waals surface area contributed by atoms with E-state index in [1.807, 2.05) is 0 Å². The summed E-state index contributed by atoms with van der Waals surface area (Å²) in [5, 5.41) is 0. The molecule has 1 aromatic rings. The van der Waals surface area contributed by atoms with Crippen molar-refractivity contribution in [2.24, 2.45) is 0 Å². The molecule has 1 rings (SSSR count). The van der Waals surface area contributed by atoms with Gasteiger partial charge < -0.3 is 9.47 Å². The average Bonchev–Trinajstić information content (AvgIpc) is 2.37. The highest BCUT2D eigenvalue weighted by atomic mass is 35.5. The molecule has 0 saturated heterocycles. The van der Waals surface area contributed by atoms with Gasteiger partial charge in [0.2, 0.25) is 0 Å². The number of rotatable bonds is 4. The van der Waals surface area contributed by atoms with E-state index in [9.17, 15) is 9.59 Å². The van der Waals surface area contributed by atoms with Crippen molar-refractivity contribution in [3.63, 3.8) is 0 Å². The van der Waals surface area contributed by atoms with E-state index in [1.54, 1.807) is 19.1 Å². The first-order valence-corrected chi connectivity index (χ1v) is 5.61. The molecule has 5 heteroatoms. The Labute approximate surface area is 104 Å². The molecule has 0 N–H and O–H groups in total. The van der Waals surface area contributed by atoms with Gasteiger partial charge in [-0.1, -0.05) is 0 Å². The zero-order valence-electron chi connectivity index (χ0n) is 9.66. The lowest BCUT2D eigenvalue weighted by Gasteiger charge is -2.06. The first kappa shape index (κ1) is 13.5. The van der Waals surface area contributed by atoms with Gasteiger partial charge >= 0.3 is 11.9 Å². The Hall–Kier alpha value is -1.55. The molecule has 0 saturated carbocycles. The van der Waals surface area contributed by atoms with Crippen LogP contribution in [0.3, 0.4) is 0 Å². The zero-order chi connectivity index (χ0) is 12.8. The van der Waals surface area contributed by atoms with Crippen molar-refractivity contribution in [3.05, 3.63) is 34.9 Å². The fraction of sp³-hybridized carbons (Fsp3) is 0.333. The van der Waals surface area contributed by atoms with Crippen LogP contribution in [0.2, 0.25) is 0 Å². The smallest absolute Gasteiger partial charge is 0.338 e. The number of benzene rings is 1. The van der Waals surface area contributed by atoms with Gasteiger partial charge in [-0.25, -0.2) is 9.59 Å². The fourth-order valence-electron chi connectivity index (χ4n) is 1.34. The summed E-state index contributed by atoms with van der Waals surface area (Å²) < 4.78 is 9.46. The number of hydrogen-bond acceptors (Lipinski definition) is 4. The second-order valence-corrected chi connectivity index (χ2v) is 3.53. The molecule has 92 valence electrons. The third kappa shape index (κ3) is 3.46. The Bertz CT molecular complexity index is 429. The van der Waals surface area contributed by atoms with Gasteiger partial charge in [0.25, 0.3) is 0 Å². The Balaban J connectivity index is 3.13. The van der Waals surface area contributed by atoms with E-state index in [0.717, 1.165) is 0 Å². The molecule has 0 unspecified atom stereocenters. The molecule has 0 aromatic heterocycles. The second-order valence-electron chi connectivity index (χ2n) is 3.26. The molecule has 1 aromatic carbocycles. The van der Waals surface area contributed by atoms with Crippen LogP contribution in [0.1, 0.15) is 33.2 Å². The number of esters is 2. The predicted molar refractivity (Wildman–Crippen MR) is 63.3 cm³/mol. The minimum absolute atomic E-state index is 0.206. The maximum absolute atomic E-state index is 11.6. The van der Waals surface area contributed by atoms with Gasteiger partial charge in [-0.05, 0) is 30.7 Å². The molecule has 0 bridgehead atoms. The SMILES string of the molecule is CCOC(=O)c1cc(CCl)cc(C(=O)OC)c1. The van der Waals surface area contributed by atoms with Crippen LogP contribution in [0.25, 0.3) is 0 Å². The molecule has 0 aliphatic rings. The number of halogens is 1. The van der Waals surface area contributed by atoms with Crippen LogP contribution in [0.4, 0.5) is 0 Å². The number of alkyl halides is 1. The summed E-state index contributed by atoms with van der Waals surface area (Å²) in [4.78, 5) is 23.0. The van der Waals surface area contributed by atoms with Crippen LogP contribution in [-0.2, 0) is 15.4 Å². The van der Waals surface area contributed by atoms with Crippen molar-refractivity contribution in [2.45, 2.75) is 12.8 Å². The van der Waals surface area contributed by atoms with Crippen molar-refractivity contribution < 1.29 is 19.1 Å². The van der Waals surface area contributed by atoms with Crippen molar-refractivity contribution in [3.8, 4) is 0 Å². The largest absolute Gasteiger partial charge is 0.465 e. The van der Waals surface area contributed by atoms with Crippen LogP contribution >= 0.6 is 11.6 Å². The molecular formula is C12H13ClO4. The number of hydrogen-bond donors (Lipinski definition) is 0. The van der Waals surface area contributed by atoms with Crippen LogP contribution in [0, 0.1) is 0 Å². The molecular weight excluding hydrogens is 244 g/mol. The van der Waals surface area contributed by atoms with Gasteiger partial charge in [0.1, 0.15) is 0 Å². The summed E-state index contributed by atoms with van der Waals surface area (Å²) in [6.07, 6.45) is 0. The Morgan fingerprint density at radius 3 is 2.24 bits per heavy atom.